The molecule has 3 aromatic carbocycles. The molecule has 6 aromatic rings. The summed E-state index contributed by atoms with van der Waals surface area (Å²) >= 11 is 0. The summed E-state index contributed by atoms with van der Waals surface area (Å²) in [7, 11) is 0. The zero-order valence-electron chi connectivity index (χ0n) is 25.8. The standard InChI is InChI=1S/C38H34N2O4/c1-37(2,3)25-17-18-29(39-21-25)23-11-9-13-26(19-23)41-27-14-10-12-24(20-27)33-34-32(28(22-40-33)38(4,5)6)35-36(44-34)43-31-16-8-7-15-30(31)42-35/h7-22H,1-6H3. The lowest BCUT2D eigenvalue weighted by Gasteiger charge is -2.21. The molecule has 4 heterocycles. The highest BCUT2D eigenvalue weighted by Gasteiger charge is 2.32. The minimum Gasteiger partial charge on any atom is -0.457 e. The first-order valence-corrected chi connectivity index (χ1v) is 14.8. The molecule has 0 amide bonds. The lowest BCUT2D eigenvalue weighted by Crippen LogP contribution is -2.12. The average molecular weight is 583 g/mol. The van der Waals surface area contributed by atoms with Gasteiger partial charge in [-0.25, -0.2) is 0 Å². The van der Waals surface area contributed by atoms with Gasteiger partial charge in [0.05, 0.1) is 11.1 Å². The highest BCUT2D eigenvalue weighted by atomic mass is 16.6. The molecule has 6 nitrogen and oxygen atoms in total. The van der Waals surface area contributed by atoms with Crippen LogP contribution in [-0.2, 0) is 10.8 Å². The number of para-hydroxylation sites is 2. The van der Waals surface area contributed by atoms with Crippen molar-refractivity contribution in [3.05, 3.63) is 108 Å². The van der Waals surface area contributed by atoms with E-state index in [0.717, 1.165) is 33.5 Å². The minimum absolute atomic E-state index is 0.0506. The Morgan fingerprint density at radius 1 is 0.636 bits per heavy atom. The van der Waals surface area contributed by atoms with Gasteiger partial charge in [-0.1, -0.05) is 84.0 Å². The fourth-order valence-electron chi connectivity index (χ4n) is 5.39. The van der Waals surface area contributed by atoms with E-state index in [2.05, 4.69) is 53.7 Å². The summed E-state index contributed by atoms with van der Waals surface area (Å²) in [6, 6.07) is 27.6. The largest absolute Gasteiger partial charge is 0.457 e. The second kappa shape index (κ2) is 10.3. The predicted octanol–water partition coefficient (Wildman–Crippen LogP) is 10.8. The molecule has 0 saturated carbocycles. The Morgan fingerprint density at radius 3 is 1.98 bits per heavy atom. The smallest absolute Gasteiger partial charge is 0.336 e. The molecule has 220 valence electrons. The molecular formula is C38H34N2O4. The van der Waals surface area contributed by atoms with Crippen molar-refractivity contribution in [3.8, 4) is 57.2 Å². The maximum Gasteiger partial charge on any atom is 0.336 e. The highest BCUT2D eigenvalue weighted by molar-refractivity contribution is 5.99. The van der Waals surface area contributed by atoms with Crippen LogP contribution in [0.25, 0.3) is 33.5 Å². The van der Waals surface area contributed by atoms with E-state index < -0.39 is 0 Å². The zero-order valence-corrected chi connectivity index (χ0v) is 25.8. The summed E-state index contributed by atoms with van der Waals surface area (Å²) in [5.74, 6) is 3.56. The van der Waals surface area contributed by atoms with Crippen LogP contribution in [-0.4, -0.2) is 9.97 Å². The Kier molecular flexibility index (Phi) is 6.47. The molecule has 7 rings (SSSR count). The lowest BCUT2D eigenvalue weighted by molar-refractivity contribution is 0.295. The van der Waals surface area contributed by atoms with Crippen LogP contribution < -0.4 is 14.2 Å². The van der Waals surface area contributed by atoms with Crippen molar-refractivity contribution in [2.75, 3.05) is 0 Å². The molecule has 0 aliphatic carbocycles. The SMILES string of the molecule is CC(C)(C)c1ccc(-c2cccc(Oc3cccc(-c4ncc(C(C)(C)C)c5c6c(oc45)Oc4ccccc4O6)c3)c2)nc1. The van der Waals surface area contributed by atoms with E-state index >= 15 is 0 Å². The van der Waals surface area contributed by atoms with Gasteiger partial charge in [0.15, 0.2) is 17.1 Å². The van der Waals surface area contributed by atoms with Crippen molar-refractivity contribution >= 4 is 11.0 Å². The molecule has 3 aromatic heterocycles. The van der Waals surface area contributed by atoms with E-state index in [1.54, 1.807) is 0 Å². The number of nitrogens with zero attached hydrogens (tertiary/aromatic N) is 2. The van der Waals surface area contributed by atoms with Crippen molar-refractivity contribution in [2.24, 2.45) is 0 Å². The molecule has 0 unspecified atom stereocenters. The van der Waals surface area contributed by atoms with E-state index in [0.29, 0.717) is 40.2 Å². The van der Waals surface area contributed by atoms with Crippen molar-refractivity contribution in [2.45, 2.75) is 52.4 Å². The number of aromatic nitrogens is 2. The van der Waals surface area contributed by atoms with Gasteiger partial charge >= 0.3 is 5.95 Å². The molecule has 6 heteroatoms. The molecule has 0 radical (unpaired) electrons. The molecule has 1 aliphatic heterocycles. The van der Waals surface area contributed by atoms with Crippen LogP contribution in [0.1, 0.15) is 52.7 Å². The van der Waals surface area contributed by atoms with Gasteiger partial charge in [-0.3, -0.25) is 9.97 Å². The quantitative estimate of drug-likeness (QED) is 0.206. The van der Waals surface area contributed by atoms with Crippen LogP contribution in [0, 0.1) is 0 Å². The third-order valence-corrected chi connectivity index (χ3v) is 7.82. The Bertz CT molecular complexity index is 2010. The number of pyridine rings is 2. The Morgan fingerprint density at radius 2 is 1.32 bits per heavy atom. The average Bonchev–Trinajstić information content (AvgIpc) is 3.37. The first-order chi connectivity index (χ1) is 21.0. The second-order valence-corrected chi connectivity index (χ2v) is 13.2. The van der Waals surface area contributed by atoms with Crippen molar-refractivity contribution < 1.29 is 18.6 Å². The predicted molar refractivity (Wildman–Crippen MR) is 173 cm³/mol. The third-order valence-electron chi connectivity index (χ3n) is 7.82. The number of furan rings is 1. The molecule has 0 fully saturated rings. The van der Waals surface area contributed by atoms with E-state index in [-0.39, 0.29) is 10.8 Å². The van der Waals surface area contributed by atoms with Crippen LogP contribution in [0.2, 0.25) is 0 Å². The Hall–Kier alpha value is -5.10. The number of hydrogen-bond donors (Lipinski definition) is 0. The number of benzene rings is 3. The number of hydrogen-bond acceptors (Lipinski definition) is 6. The summed E-state index contributed by atoms with van der Waals surface area (Å²) in [5.41, 5.74) is 6.08. The molecular weight excluding hydrogens is 548 g/mol. The lowest BCUT2D eigenvalue weighted by atomic mass is 9.85. The number of ether oxygens (including phenoxy) is 3. The van der Waals surface area contributed by atoms with Crippen molar-refractivity contribution in [1.29, 1.82) is 0 Å². The monoisotopic (exact) mass is 582 g/mol. The van der Waals surface area contributed by atoms with Gasteiger partial charge in [0.25, 0.3) is 0 Å². The fourth-order valence-corrected chi connectivity index (χ4v) is 5.39. The Labute approximate surface area is 257 Å². The second-order valence-electron chi connectivity index (χ2n) is 13.2. The van der Waals surface area contributed by atoms with Crippen molar-refractivity contribution in [3.63, 3.8) is 0 Å². The molecule has 44 heavy (non-hydrogen) atoms. The van der Waals surface area contributed by atoms with Crippen molar-refractivity contribution in [1.82, 2.24) is 9.97 Å². The first kappa shape index (κ1) is 27.7. The molecule has 0 bridgehead atoms. The number of fused-ring (bicyclic) bond motifs is 4. The Balaban J connectivity index is 1.24. The molecule has 0 spiro atoms. The van der Waals surface area contributed by atoms with E-state index in [1.807, 2.05) is 85.2 Å². The topological polar surface area (TPSA) is 66.6 Å². The maximum atomic E-state index is 6.36. The van der Waals surface area contributed by atoms with Crippen LogP contribution >= 0.6 is 0 Å². The number of rotatable bonds is 4. The van der Waals surface area contributed by atoms with Gasteiger partial charge in [-0.05, 0) is 64.4 Å². The van der Waals surface area contributed by atoms with Crippen LogP contribution in [0.5, 0.6) is 34.7 Å². The minimum atomic E-state index is -0.209. The fraction of sp³-hybridized carbons (Fsp3) is 0.211. The van der Waals surface area contributed by atoms with E-state index in [1.165, 1.54) is 5.56 Å². The molecule has 0 atom stereocenters. The molecule has 1 aliphatic rings. The van der Waals surface area contributed by atoms with Gasteiger partial charge in [-0.2, -0.15) is 0 Å². The van der Waals surface area contributed by atoms with Gasteiger partial charge in [-0.15, -0.1) is 0 Å². The first-order valence-electron chi connectivity index (χ1n) is 14.8. The van der Waals surface area contributed by atoms with Crippen LogP contribution in [0.4, 0.5) is 0 Å². The zero-order chi connectivity index (χ0) is 30.6. The molecule has 0 saturated heterocycles. The van der Waals surface area contributed by atoms with Crippen LogP contribution in [0.3, 0.4) is 0 Å². The third kappa shape index (κ3) is 5.06. The van der Waals surface area contributed by atoms with Gasteiger partial charge in [0, 0.05) is 23.5 Å². The maximum absolute atomic E-state index is 6.36. The summed E-state index contributed by atoms with van der Waals surface area (Å²) in [6.07, 6.45) is 3.86. The summed E-state index contributed by atoms with van der Waals surface area (Å²) < 4.78 is 25.2. The normalized spacial score (nSPS) is 12.7. The van der Waals surface area contributed by atoms with Crippen LogP contribution in [0.15, 0.2) is 102 Å². The highest BCUT2D eigenvalue weighted by Crippen LogP contribution is 2.53. The summed E-state index contributed by atoms with van der Waals surface area (Å²) in [6.45, 7) is 13.0. The summed E-state index contributed by atoms with van der Waals surface area (Å²) in [4.78, 5) is 9.61. The van der Waals surface area contributed by atoms with E-state index in [9.17, 15) is 0 Å². The van der Waals surface area contributed by atoms with Gasteiger partial charge in [0.1, 0.15) is 17.2 Å². The van der Waals surface area contributed by atoms with Gasteiger partial charge < -0.3 is 18.6 Å². The van der Waals surface area contributed by atoms with Gasteiger partial charge in [0.2, 0.25) is 5.75 Å². The molecule has 0 N–H and O–H groups in total. The van der Waals surface area contributed by atoms with E-state index in [4.69, 9.17) is 28.6 Å². The summed E-state index contributed by atoms with van der Waals surface area (Å²) in [5, 5.41) is 0.857.